The van der Waals surface area contributed by atoms with E-state index in [4.69, 9.17) is 28.4 Å². The van der Waals surface area contributed by atoms with Gasteiger partial charge in [0.15, 0.2) is 18.9 Å². The van der Waals surface area contributed by atoms with Crippen LogP contribution >= 0.6 is 0 Å². The maximum atomic E-state index is 12.7. The Labute approximate surface area is 382 Å². The number of hydrogen-bond acceptors (Lipinski definition) is 18. The van der Waals surface area contributed by atoms with Crippen LogP contribution in [0.25, 0.3) is 0 Å². The van der Waals surface area contributed by atoms with Gasteiger partial charge in [0.25, 0.3) is 0 Å². The second-order valence-corrected chi connectivity index (χ2v) is 22.6. The Morgan fingerprint density at radius 2 is 1.23 bits per heavy atom. The molecule has 376 valence electrons. The fourth-order valence-corrected chi connectivity index (χ4v) is 14.6. The number of rotatable bonds is 13. The SMILES string of the molecule is CC(C)=CCC[C@](C)(O[C@@H]1O[C@H](CO[C@@H]2O[C@@H](CO)[C@H](O)[C@H]2O)[C@@H](O)[C@H](O)[C@H]1O)[C@H]1CC[C@]2(C)[C@@H]1[C@H](O)C[C@@H]1[C@@]3(C)CC[C@H](O)C(C)(C)[C@@H]3[C@@H](O[C@@H]3O[C@H](CO)[C@@H](O)[C@H](O)[C@H]3O)C[C@]12C. The molecule has 0 aromatic heterocycles. The second-order valence-electron chi connectivity index (χ2n) is 22.6. The van der Waals surface area contributed by atoms with E-state index >= 15 is 0 Å². The Kier molecular flexibility index (Phi) is 15.1. The van der Waals surface area contributed by atoms with Gasteiger partial charge in [-0.25, -0.2) is 0 Å². The Balaban J connectivity index is 1.20. The molecule has 3 aliphatic heterocycles. The number of ether oxygens (including phenoxy) is 6. The first-order valence-corrected chi connectivity index (χ1v) is 23.9. The van der Waals surface area contributed by atoms with Crippen molar-refractivity contribution in [1.29, 1.82) is 0 Å². The molecule has 0 aromatic rings. The fraction of sp³-hybridized carbons (Fsp3) is 0.957. The van der Waals surface area contributed by atoms with Gasteiger partial charge in [-0.2, -0.15) is 0 Å². The van der Waals surface area contributed by atoms with Crippen LogP contribution in [0.15, 0.2) is 11.6 Å². The molecular weight excluding hydrogens is 852 g/mol. The van der Waals surface area contributed by atoms with E-state index in [1.807, 2.05) is 34.6 Å². The van der Waals surface area contributed by atoms with Crippen molar-refractivity contribution in [1.82, 2.24) is 0 Å². The normalized spacial score (nSPS) is 52.8. The third-order valence-corrected chi connectivity index (χ3v) is 18.3. The summed E-state index contributed by atoms with van der Waals surface area (Å²) in [4.78, 5) is 0. The molecule has 7 fully saturated rings. The molecule has 0 unspecified atom stereocenters. The molecule has 65 heavy (non-hydrogen) atoms. The van der Waals surface area contributed by atoms with Crippen LogP contribution in [-0.4, -0.2) is 191 Å². The minimum absolute atomic E-state index is 0.0497. The lowest BCUT2D eigenvalue weighted by Gasteiger charge is -2.72. The quantitative estimate of drug-likeness (QED) is 0.0825. The summed E-state index contributed by atoms with van der Waals surface area (Å²) in [5.41, 5.74) is -2.28. The van der Waals surface area contributed by atoms with E-state index in [2.05, 4.69) is 26.8 Å². The highest BCUT2D eigenvalue weighted by Gasteiger charge is 2.74. The molecule has 25 atom stereocenters. The number of fused-ring (bicyclic) bond motifs is 5. The summed E-state index contributed by atoms with van der Waals surface area (Å²) in [5.74, 6) is -1.02. The number of allylic oxidation sites excluding steroid dienone is 2. The van der Waals surface area contributed by atoms with Crippen LogP contribution in [0.5, 0.6) is 0 Å². The van der Waals surface area contributed by atoms with E-state index in [1.165, 1.54) is 0 Å². The van der Waals surface area contributed by atoms with E-state index in [9.17, 15) is 61.3 Å². The zero-order valence-corrected chi connectivity index (χ0v) is 39.3. The van der Waals surface area contributed by atoms with Crippen LogP contribution in [0.1, 0.15) is 107 Å². The third kappa shape index (κ3) is 8.72. The van der Waals surface area contributed by atoms with Gasteiger partial charge in [0.2, 0.25) is 0 Å². The highest BCUT2D eigenvalue weighted by Crippen LogP contribution is 2.76. The summed E-state index contributed by atoms with van der Waals surface area (Å²) in [5, 5.41) is 131. The smallest absolute Gasteiger partial charge is 0.187 e. The van der Waals surface area contributed by atoms with Crippen molar-refractivity contribution in [2.24, 2.45) is 45.3 Å². The van der Waals surface area contributed by atoms with E-state index in [0.717, 1.165) is 5.57 Å². The summed E-state index contributed by atoms with van der Waals surface area (Å²) in [6, 6.07) is 0. The van der Waals surface area contributed by atoms with Crippen LogP contribution in [0.2, 0.25) is 0 Å². The highest BCUT2D eigenvalue weighted by molar-refractivity contribution is 5.22. The van der Waals surface area contributed by atoms with Gasteiger partial charge in [0, 0.05) is 0 Å². The summed E-state index contributed by atoms with van der Waals surface area (Å²) >= 11 is 0. The van der Waals surface area contributed by atoms with Crippen LogP contribution in [0.4, 0.5) is 0 Å². The zero-order chi connectivity index (χ0) is 47.9. The average molecular weight is 933 g/mol. The fourth-order valence-electron chi connectivity index (χ4n) is 14.6. The van der Waals surface area contributed by atoms with Crippen molar-refractivity contribution in [3.8, 4) is 0 Å². The van der Waals surface area contributed by atoms with Gasteiger partial charge in [0.05, 0.1) is 43.7 Å². The van der Waals surface area contributed by atoms with Gasteiger partial charge in [-0.05, 0) is 117 Å². The van der Waals surface area contributed by atoms with Crippen molar-refractivity contribution < 1.29 is 89.7 Å². The van der Waals surface area contributed by atoms with Crippen LogP contribution in [-0.2, 0) is 28.4 Å². The highest BCUT2D eigenvalue weighted by atomic mass is 16.7. The van der Waals surface area contributed by atoms with E-state index in [-0.39, 0.29) is 23.7 Å². The Bertz CT molecular complexity index is 1660. The lowest BCUT2D eigenvalue weighted by Crippen LogP contribution is -2.71. The first-order valence-electron chi connectivity index (χ1n) is 23.9. The predicted molar refractivity (Wildman–Crippen MR) is 229 cm³/mol. The summed E-state index contributed by atoms with van der Waals surface area (Å²) in [6.07, 6.45) is -16.2. The largest absolute Gasteiger partial charge is 0.394 e. The molecule has 0 bridgehead atoms. The van der Waals surface area contributed by atoms with E-state index in [1.54, 1.807) is 0 Å². The molecule has 7 rings (SSSR count). The summed E-state index contributed by atoms with van der Waals surface area (Å²) in [7, 11) is 0. The van der Waals surface area contributed by atoms with Gasteiger partial charge in [0.1, 0.15) is 67.1 Å². The molecule has 0 spiro atoms. The Hall–Kier alpha value is -0.980. The zero-order valence-electron chi connectivity index (χ0n) is 39.3. The molecule has 4 saturated carbocycles. The molecule has 18 nitrogen and oxygen atoms in total. The van der Waals surface area contributed by atoms with Crippen LogP contribution in [0, 0.1) is 45.3 Å². The topological polar surface area (TPSA) is 298 Å². The van der Waals surface area contributed by atoms with Gasteiger partial charge in [-0.1, -0.05) is 46.3 Å². The van der Waals surface area contributed by atoms with E-state index in [0.29, 0.717) is 51.4 Å². The number of aliphatic hydroxyl groups excluding tert-OH is 12. The molecule has 0 radical (unpaired) electrons. The molecule has 7 aliphatic rings. The van der Waals surface area contributed by atoms with Crippen molar-refractivity contribution in [2.45, 2.75) is 217 Å². The number of hydrogen-bond donors (Lipinski definition) is 12. The van der Waals surface area contributed by atoms with E-state index < -0.39 is 151 Å². The average Bonchev–Trinajstić information content (AvgIpc) is 3.76. The Morgan fingerprint density at radius 3 is 1.85 bits per heavy atom. The molecule has 4 aliphatic carbocycles. The molecule has 3 heterocycles. The van der Waals surface area contributed by atoms with Crippen molar-refractivity contribution in [2.75, 3.05) is 19.8 Å². The lowest BCUT2D eigenvalue weighted by molar-refractivity contribution is -0.350. The minimum atomic E-state index is -1.72. The molecular formula is C47H80O18. The van der Waals surface area contributed by atoms with Crippen LogP contribution < -0.4 is 0 Å². The maximum absolute atomic E-state index is 12.7. The second kappa shape index (κ2) is 19.0. The molecule has 12 N–H and O–H groups in total. The predicted octanol–water partition coefficient (Wildman–Crippen LogP) is -0.417. The van der Waals surface area contributed by atoms with Gasteiger partial charge >= 0.3 is 0 Å². The lowest BCUT2D eigenvalue weighted by atomic mass is 9.34. The third-order valence-electron chi connectivity index (χ3n) is 18.3. The molecule has 0 amide bonds. The minimum Gasteiger partial charge on any atom is -0.394 e. The van der Waals surface area contributed by atoms with Crippen molar-refractivity contribution in [3.63, 3.8) is 0 Å². The van der Waals surface area contributed by atoms with Crippen molar-refractivity contribution >= 4 is 0 Å². The molecule has 18 heteroatoms. The Morgan fingerprint density at radius 1 is 0.677 bits per heavy atom. The van der Waals surface area contributed by atoms with Gasteiger partial charge in [-0.15, -0.1) is 0 Å². The monoisotopic (exact) mass is 933 g/mol. The van der Waals surface area contributed by atoms with Crippen LogP contribution in [0.3, 0.4) is 0 Å². The van der Waals surface area contributed by atoms with Gasteiger partial charge in [-0.3, -0.25) is 0 Å². The first-order chi connectivity index (χ1) is 30.3. The van der Waals surface area contributed by atoms with Crippen molar-refractivity contribution in [3.05, 3.63) is 11.6 Å². The summed E-state index contributed by atoms with van der Waals surface area (Å²) < 4.78 is 37.0. The maximum Gasteiger partial charge on any atom is 0.187 e. The molecule has 3 saturated heterocycles. The summed E-state index contributed by atoms with van der Waals surface area (Å²) in [6.45, 7) is 15.1. The standard InChI is InChI=1S/C47H80O18/c1-21(2)10-9-13-47(8,65-42-38(59)35(56)33(54)27(64-42)20-60-40-36(57)32(53)26(19-49)62-40)22-11-15-45(6)30(22)23(50)16-28-44(5)14-12-29(51)43(3,4)39(44)24(17-46(28,45)7)61-41-37(58)34(55)31(52)25(18-48)63-41/h10,22-42,48-59H,9,11-20H2,1-8H3/t22-,23+,24-,25+,26-,27+,28+,29-,30-,31+,32-,33+,34-,35-,36+,37+,38+,39-,40+,41+,42-,44+,45+,46+,47-/m0/s1. The first kappa shape index (κ1) is 51.9. The van der Waals surface area contributed by atoms with Gasteiger partial charge < -0.3 is 89.7 Å². The number of aliphatic hydroxyl groups is 12. The molecule has 0 aromatic carbocycles.